The van der Waals surface area contributed by atoms with E-state index in [1.54, 1.807) is 12.1 Å². The fraction of sp³-hybridized carbons (Fsp3) is 0.0625. The normalized spacial score (nSPS) is 10.6. The summed E-state index contributed by atoms with van der Waals surface area (Å²) in [6.07, 6.45) is 0. The molecule has 0 saturated heterocycles. The average molecular weight is 347 g/mol. The molecular formula is C16H11F2N3O2S. The lowest BCUT2D eigenvalue weighted by atomic mass is 10.2. The van der Waals surface area contributed by atoms with Gasteiger partial charge in [0.1, 0.15) is 11.6 Å². The quantitative estimate of drug-likeness (QED) is 0.712. The van der Waals surface area contributed by atoms with Gasteiger partial charge in [0.05, 0.1) is 11.3 Å². The molecule has 3 aromatic rings. The van der Waals surface area contributed by atoms with Crippen molar-refractivity contribution < 1.29 is 18.0 Å². The average Bonchev–Trinajstić information content (AvgIpc) is 3.04. The first-order valence-electron chi connectivity index (χ1n) is 6.88. The topological polar surface area (TPSA) is 68.0 Å². The van der Waals surface area contributed by atoms with Crippen LogP contribution < -0.4 is 5.32 Å². The molecule has 3 rings (SSSR count). The van der Waals surface area contributed by atoms with Gasteiger partial charge >= 0.3 is 0 Å². The Hall–Kier alpha value is -2.74. The Labute approximate surface area is 140 Å². The number of aromatic nitrogens is 2. The van der Waals surface area contributed by atoms with Crippen LogP contribution in [0.4, 0.5) is 14.5 Å². The molecule has 0 fully saturated rings. The number of nitrogens with one attached hydrogen (secondary N) is 1. The number of hydrogen-bond acceptors (Lipinski definition) is 5. The van der Waals surface area contributed by atoms with Crippen LogP contribution in [0.2, 0.25) is 0 Å². The van der Waals surface area contributed by atoms with Gasteiger partial charge in [0.2, 0.25) is 5.91 Å². The van der Waals surface area contributed by atoms with Crippen LogP contribution in [0.1, 0.15) is 0 Å². The van der Waals surface area contributed by atoms with E-state index in [-0.39, 0.29) is 34.2 Å². The molecule has 1 N–H and O–H groups in total. The van der Waals surface area contributed by atoms with E-state index in [0.717, 1.165) is 11.8 Å². The molecule has 0 aliphatic carbocycles. The Bertz CT molecular complexity index is 853. The van der Waals surface area contributed by atoms with Gasteiger partial charge in [-0.25, -0.2) is 8.78 Å². The summed E-state index contributed by atoms with van der Waals surface area (Å²) < 4.78 is 31.8. The maximum Gasteiger partial charge on any atom is 0.277 e. The summed E-state index contributed by atoms with van der Waals surface area (Å²) in [4.78, 5) is 11.8. The summed E-state index contributed by atoms with van der Waals surface area (Å²) in [5.41, 5.74) is 0.687. The van der Waals surface area contributed by atoms with Gasteiger partial charge in [0.25, 0.3) is 11.1 Å². The highest BCUT2D eigenvalue weighted by molar-refractivity contribution is 7.99. The lowest BCUT2D eigenvalue weighted by Crippen LogP contribution is -2.13. The first kappa shape index (κ1) is 16.1. The molecule has 0 radical (unpaired) electrons. The van der Waals surface area contributed by atoms with E-state index in [4.69, 9.17) is 4.42 Å². The second-order valence-electron chi connectivity index (χ2n) is 4.70. The number of carbonyl (C=O) groups excluding carboxylic acids is 1. The third-order valence-corrected chi connectivity index (χ3v) is 3.78. The number of anilines is 1. The van der Waals surface area contributed by atoms with Crippen LogP contribution in [0.5, 0.6) is 0 Å². The molecule has 5 nitrogen and oxygen atoms in total. The van der Waals surface area contributed by atoms with Crippen LogP contribution in [0.3, 0.4) is 0 Å². The monoisotopic (exact) mass is 347 g/mol. The van der Waals surface area contributed by atoms with E-state index in [2.05, 4.69) is 15.5 Å². The van der Waals surface area contributed by atoms with Crippen LogP contribution in [0.25, 0.3) is 11.5 Å². The highest BCUT2D eigenvalue weighted by atomic mass is 32.2. The molecule has 1 heterocycles. The van der Waals surface area contributed by atoms with Crippen molar-refractivity contribution in [2.24, 2.45) is 0 Å². The zero-order valence-electron chi connectivity index (χ0n) is 12.2. The Morgan fingerprint density at radius 2 is 1.83 bits per heavy atom. The van der Waals surface area contributed by atoms with Crippen molar-refractivity contribution >= 4 is 23.4 Å². The maximum atomic E-state index is 13.6. The van der Waals surface area contributed by atoms with Crippen LogP contribution in [-0.2, 0) is 4.79 Å². The molecule has 0 aliphatic heterocycles. The number of rotatable bonds is 5. The summed E-state index contributed by atoms with van der Waals surface area (Å²) in [6, 6.07) is 11.5. The van der Waals surface area contributed by atoms with Crippen molar-refractivity contribution in [3.05, 3.63) is 60.2 Å². The van der Waals surface area contributed by atoms with Gasteiger partial charge in [-0.3, -0.25) is 4.79 Å². The second-order valence-corrected chi connectivity index (χ2v) is 5.62. The van der Waals surface area contributed by atoms with Gasteiger partial charge in [-0.2, -0.15) is 0 Å². The number of carbonyl (C=O) groups is 1. The number of halogens is 2. The molecule has 1 aromatic heterocycles. The molecule has 2 aromatic carbocycles. The minimum atomic E-state index is -0.466. The number of amides is 1. The SMILES string of the molecule is O=C(CSc1nnc(-c2ccccc2F)o1)Nc1ccc(F)cc1. The fourth-order valence-electron chi connectivity index (χ4n) is 1.87. The lowest BCUT2D eigenvalue weighted by Gasteiger charge is -2.03. The number of hydrogen-bond donors (Lipinski definition) is 1. The Kier molecular flexibility index (Phi) is 4.85. The molecule has 0 aliphatic rings. The highest BCUT2D eigenvalue weighted by Gasteiger charge is 2.14. The van der Waals surface area contributed by atoms with E-state index in [1.165, 1.54) is 36.4 Å². The lowest BCUT2D eigenvalue weighted by molar-refractivity contribution is -0.113. The molecule has 8 heteroatoms. The van der Waals surface area contributed by atoms with Gasteiger partial charge in [-0.05, 0) is 36.4 Å². The summed E-state index contributed by atoms with van der Waals surface area (Å²) in [7, 11) is 0. The van der Waals surface area contributed by atoms with Crippen molar-refractivity contribution in [3.8, 4) is 11.5 Å². The van der Waals surface area contributed by atoms with Crippen LogP contribution in [-0.4, -0.2) is 21.9 Å². The third kappa shape index (κ3) is 3.96. The predicted octanol–water partition coefficient (Wildman–Crippen LogP) is 3.75. The minimum Gasteiger partial charge on any atom is -0.411 e. The van der Waals surface area contributed by atoms with E-state index >= 15 is 0 Å². The van der Waals surface area contributed by atoms with Crippen molar-refractivity contribution in [2.75, 3.05) is 11.1 Å². The molecule has 1 amide bonds. The molecule has 0 unspecified atom stereocenters. The van der Waals surface area contributed by atoms with Gasteiger partial charge < -0.3 is 9.73 Å². The molecule has 122 valence electrons. The van der Waals surface area contributed by atoms with Crippen molar-refractivity contribution in [3.63, 3.8) is 0 Å². The number of nitrogens with zero attached hydrogens (tertiary/aromatic N) is 2. The summed E-state index contributed by atoms with van der Waals surface area (Å²) >= 11 is 1.02. The van der Waals surface area contributed by atoms with E-state index in [0.29, 0.717) is 5.69 Å². The first-order valence-corrected chi connectivity index (χ1v) is 7.87. The van der Waals surface area contributed by atoms with Crippen LogP contribution >= 0.6 is 11.8 Å². The standard InChI is InChI=1S/C16H11F2N3O2S/c17-10-5-7-11(8-6-10)19-14(22)9-24-16-21-20-15(23-16)12-3-1-2-4-13(12)18/h1-8H,9H2,(H,19,22). The van der Waals surface area contributed by atoms with Gasteiger partial charge in [0.15, 0.2) is 0 Å². The van der Waals surface area contributed by atoms with Gasteiger partial charge in [-0.15, -0.1) is 10.2 Å². The molecular weight excluding hydrogens is 336 g/mol. The Balaban J connectivity index is 1.58. The Morgan fingerprint density at radius 1 is 1.08 bits per heavy atom. The highest BCUT2D eigenvalue weighted by Crippen LogP contribution is 2.25. The van der Waals surface area contributed by atoms with Crippen LogP contribution in [0.15, 0.2) is 58.2 Å². The van der Waals surface area contributed by atoms with E-state index in [9.17, 15) is 13.6 Å². The number of benzene rings is 2. The largest absolute Gasteiger partial charge is 0.411 e. The molecule has 0 spiro atoms. The summed E-state index contributed by atoms with van der Waals surface area (Å²) in [5.74, 6) is -1.08. The zero-order chi connectivity index (χ0) is 16.9. The van der Waals surface area contributed by atoms with Crippen molar-refractivity contribution in [2.45, 2.75) is 5.22 Å². The maximum absolute atomic E-state index is 13.6. The number of thioether (sulfide) groups is 1. The third-order valence-electron chi connectivity index (χ3n) is 2.97. The summed E-state index contributed by atoms with van der Waals surface area (Å²) in [6.45, 7) is 0. The summed E-state index contributed by atoms with van der Waals surface area (Å²) in [5, 5.41) is 10.3. The first-order chi connectivity index (χ1) is 11.6. The molecule has 0 bridgehead atoms. The molecule has 0 atom stereocenters. The van der Waals surface area contributed by atoms with E-state index in [1.807, 2.05) is 0 Å². The molecule has 0 saturated carbocycles. The predicted molar refractivity (Wildman–Crippen MR) is 85.4 cm³/mol. The molecule has 24 heavy (non-hydrogen) atoms. The van der Waals surface area contributed by atoms with Crippen LogP contribution in [0, 0.1) is 11.6 Å². The van der Waals surface area contributed by atoms with E-state index < -0.39 is 5.82 Å². The fourth-order valence-corrected chi connectivity index (χ4v) is 2.43. The minimum absolute atomic E-state index is 0.0241. The zero-order valence-corrected chi connectivity index (χ0v) is 13.0. The van der Waals surface area contributed by atoms with Gasteiger partial charge in [0, 0.05) is 5.69 Å². The smallest absolute Gasteiger partial charge is 0.277 e. The van der Waals surface area contributed by atoms with Gasteiger partial charge in [-0.1, -0.05) is 23.9 Å². The second kappa shape index (κ2) is 7.22. The Morgan fingerprint density at radius 3 is 2.58 bits per heavy atom. The van der Waals surface area contributed by atoms with Crippen molar-refractivity contribution in [1.29, 1.82) is 0 Å². The van der Waals surface area contributed by atoms with Crippen molar-refractivity contribution in [1.82, 2.24) is 10.2 Å².